The van der Waals surface area contributed by atoms with Gasteiger partial charge in [-0.1, -0.05) is 23.7 Å². The lowest BCUT2D eigenvalue weighted by Crippen LogP contribution is -2.26. The van der Waals surface area contributed by atoms with Crippen molar-refractivity contribution in [1.82, 2.24) is 10.3 Å². The molecule has 1 aliphatic heterocycles. The zero-order valence-electron chi connectivity index (χ0n) is 12.8. The molecule has 3 rings (SSSR count). The van der Waals surface area contributed by atoms with Crippen molar-refractivity contribution >= 4 is 34.0 Å². The standard InChI is InChI=1S/C17H20ClN3OS/c18-14-4-1-12(2-5-14)3-6-16(22)21-17-20-11-15(23-17)13-7-9-19-10-8-13/h1-2,4-5,11,13,19H,3,6-10H2,(H,20,21,22). The number of thiazole rings is 1. The lowest BCUT2D eigenvalue weighted by Gasteiger charge is -2.20. The highest BCUT2D eigenvalue weighted by Gasteiger charge is 2.18. The summed E-state index contributed by atoms with van der Waals surface area (Å²) in [5.74, 6) is 0.583. The number of halogens is 1. The van der Waals surface area contributed by atoms with Gasteiger partial charge in [-0.15, -0.1) is 11.3 Å². The van der Waals surface area contributed by atoms with Crippen molar-refractivity contribution < 1.29 is 4.79 Å². The summed E-state index contributed by atoms with van der Waals surface area (Å²) in [6, 6.07) is 7.60. The molecule has 1 aromatic heterocycles. The Morgan fingerprint density at radius 3 is 2.78 bits per heavy atom. The summed E-state index contributed by atoms with van der Waals surface area (Å²) in [4.78, 5) is 17.7. The number of nitrogens with one attached hydrogen (secondary N) is 2. The zero-order chi connectivity index (χ0) is 16.1. The molecule has 1 fully saturated rings. The number of carbonyl (C=O) groups is 1. The predicted molar refractivity (Wildman–Crippen MR) is 95.4 cm³/mol. The molecule has 0 radical (unpaired) electrons. The molecule has 0 atom stereocenters. The molecule has 2 aromatic rings. The molecule has 1 saturated heterocycles. The Morgan fingerprint density at radius 2 is 2.04 bits per heavy atom. The van der Waals surface area contributed by atoms with Gasteiger partial charge in [0.1, 0.15) is 0 Å². The van der Waals surface area contributed by atoms with Gasteiger partial charge in [-0.3, -0.25) is 4.79 Å². The molecule has 0 bridgehead atoms. The van der Waals surface area contributed by atoms with Crippen LogP contribution in [0, 0.1) is 0 Å². The molecular formula is C17H20ClN3OS. The predicted octanol–water partition coefficient (Wildman–Crippen LogP) is 3.83. The third-order valence-electron chi connectivity index (χ3n) is 4.07. The van der Waals surface area contributed by atoms with E-state index in [0.29, 0.717) is 28.9 Å². The lowest BCUT2D eigenvalue weighted by molar-refractivity contribution is -0.116. The van der Waals surface area contributed by atoms with Crippen LogP contribution in [0.2, 0.25) is 5.02 Å². The molecule has 1 aromatic carbocycles. The Labute approximate surface area is 145 Å². The van der Waals surface area contributed by atoms with Crippen LogP contribution in [0.3, 0.4) is 0 Å². The smallest absolute Gasteiger partial charge is 0.226 e. The van der Waals surface area contributed by atoms with E-state index in [1.807, 2.05) is 30.5 Å². The Hall–Kier alpha value is -1.43. The third-order valence-corrected chi connectivity index (χ3v) is 5.39. The Balaban J connectivity index is 1.49. The van der Waals surface area contributed by atoms with Gasteiger partial charge in [0.15, 0.2) is 5.13 Å². The number of aryl methyl sites for hydroxylation is 1. The zero-order valence-corrected chi connectivity index (χ0v) is 14.4. The van der Waals surface area contributed by atoms with Crippen LogP contribution in [0.5, 0.6) is 0 Å². The van der Waals surface area contributed by atoms with E-state index in [-0.39, 0.29) is 5.91 Å². The van der Waals surface area contributed by atoms with Crippen LogP contribution in [-0.4, -0.2) is 24.0 Å². The van der Waals surface area contributed by atoms with Crippen LogP contribution >= 0.6 is 22.9 Å². The number of hydrogen-bond donors (Lipinski definition) is 2. The highest BCUT2D eigenvalue weighted by molar-refractivity contribution is 7.15. The van der Waals surface area contributed by atoms with Crippen molar-refractivity contribution in [3.63, 3.8) is 0 Å². The number of piperidine rings is 1. The molecule has 23 heavy (non-hydrogen) atoms. The first-order valence-corrected chi connectivity index (χ1v) is 9.11. The van der Waals surface area contributed by atoms with E-state index >= 15 is 0 Å². The van der Waals surface area contributed by atoms with Crippen LogP contribution in [0.4, 0.5) is 5.13 Å². The minimum atomic E-state index is 0.00570. The van der Waals surface area contributed by atoms with E-state index < -0.39 is 0 Å². The second kappa shape index (κ2) is 7.90. The van der Waals surface area contributed by atoms with E-state index in [2.05, 4.69) is 15.6 Å². The molecule has 2 heterocycles. The van der Waals surface area contributed by atoms with E-state index in [0.717, 1.165) is 31.5 Å². The van der Waals surface area contributed by atoms with Crippen LogP contribution in [0.25, 0.3) is 0 Å². The van der Waals surface area contributed by atoms with E-state index in [9.17, 15) is 4.79 Å². The highest BCUT2D eigenvalue weighted by Crippen LogP contribution is 2.31. The summed E-state index contributed by atoms with van der Waals surface area (Å²) in [6.07, 6.45) is 5.35. The van der Waals surface area contributed by atoms with Gasteiger partial charge in [0, 0.05) is 22.5 Å². The van der Waals surface area contributed by atoms with Crippen molar-refractivity contribution in [2.75, 3.05) is 18.4 Å². The molecule has 4 nitrogen and oxygen atoms in total. The van der Waals surface area contributed by atoms with Crippen LogP contribution in [0.1, 0.15) is 35.6 Å². The third kappa shape index (κ3) is 4.77. The molecule has 6 heteroatoms. The first kappa shape index (κ1) is 16.4. The lowest BCUT2D eigenvalue weighted by atomic mass is 9.97. The fraction of sp³-hybridized carbons (Fsp3) is 0.412. The summed E-state index contributed by atoms with van der Waals surface area (Å²) in [7, 11) is 0. The second-order valence-corrected chi connectivity index (χ2v) is 7.27. The summed E-state index contributed by atoms with van der Waals surface area (Å²) >= 11 is 7.46. The summed E-state index contributed by atoms with van der Waals surface area (Å²) < 4.78 is 0. The van der Waals surface area contributed by atoms with Crippen molar-refractivity contribution in [2.24, 2.45) is 0 Å². The number of hydrogen-bond acceptors (Lipinski definition) is 4. The number of aromatic nitrogens is 1. The molecule has 1 aliphatic rings. The highest BCUT2D eigenvalue weighted by atomic mass is 35.5. The SMILES string of the molecule is O=C(CCc1ccc(Cl)cc1)Nc1ncc(C2CCNCC2)s1. The molecule has 0 aliphatic carbocycles. The first-order valence-electron chi connectivity index (χ1n) is 7.91. The van der Waals surface area contributed by atoms with E-state index in [4.69, 9.17) is 11.6 Å². The van der Waals surface area contributed by atoms with Gasteiger partial charge in [-0.25, -0.2) is 4.98 Å². The van der Waals surface area contributed by atoms with Crippen LogP contribution < -0.4 is 10.6 Å². The average Bonchev–Trinajstić information content (AvgIpc) is 3.04. The van der Waals surface area contributed by atoms with Gasteiger partial charge >= 0.3 is 0 Å². The Morgan fingerprint density at radius 1 is 1.30 bits per heavy atom. The summed E-state index contributed by atoms with van der Waals surface area (Å²) in [5, 5.41) is 7.70. The molecular weight excluding hydrogens is 330 g/mol. The second-order valence-electron chi connectivity index (χ2n) is 5.77. The molecule has 2 N–H and O–H groups in total. The number of rotatable bonds is 5. The minimum absolute atomic E-state index is 0.00570. The number of benzene rings is 1. The first-order chi connectivity index (χ1) is 11.2. The summed E-state index contributed by atoms with van der Waals surface area (Å²) in [6.45, 7) is 2.12. The molecule has 122 valence electrons. The van der Waals surface area contributed by atoms with Crippen LogP contribution in [-0.2, 0) is 11.2 Å². The Bertz CT molecular complexity index is 650. The van der Waals surface area contributed by atoms with Crippen molar-refractivity contribution in [3.05, 3.63) is 45.9 Å². The van der Waals surface area contributed by atoms with Gasteiger partial charge < -0.3 is 10.6 Å². The van der Waals surface area contributed by atoms with Gasteiger partial charge in [0.2, 0.25) is 5.91 Å². The largest absolute Gasteiger partial charge is 0.317 e. The Kier molecular flexibility index (Phi) is 5.65. The maximum atomic E-state index is 12.1. The van der Waals surface area contributed by atoms with Gasteiger partial charge in [-0.2, -0.15) is 0 Å². The minimum Gasteiger partial charge on any atom is -0.317 e. The van der Waals surface area contributed by atoms with Crippen molar-refractivity contribution in [3.8, 4) is 0 Å². The number of amides is 1. The molecule has 1 amide bonds. The van der Waals surface area contributed by atoms with E-state index in [1.54, 1.807) is 11.3 Å². The monoisotopic (exact) mass is 349 g/mol. The number of anilines is 1. The van der Waals surface area contributed by atoms with Crippen LogP contribution in [0.15, 0.2) is 30.5 Å². The fourth-order valence-electron chi connectivity index (χ4n) is 2.73. The maximum absolute atomic E-state index is 12.1. The van der Waals surface area contributed by atoms with Crippen molar-refractivity contribution in [1.29, 1.82) is 0 Å². The number of nitrogens with zero attached hydrogens (tertiary/aromatic N) is 1. The normalized spacial score (nSPS) is 15.5. The summed E-state index contributed by atoms with van der Waals surface area (Å²) in [5.41, 5.74) is 1.11. The quantitative estimate of drug-likeness (QED) is 0.862. The fourth-order valence-corrected chi connectivity index (χ4v) is 3.86. The van der Waals surface area contributed by atoms with Crippen molar-refractivity contribution in [2.45, 2.75) is 31.6 Å². The van der Waals surface area contributed by atoms with Gasteiger partial charge in [-0.05, 0) is 56.0 Å². The van der Waals surface area contributed by atoms with Gasteiger partial charge in [0.25, 0.3) is 0 Å². The molecule has 0 spiro atoms. The van der Waals surface area contributed by atoms with E-state index in [1.165, 1.54) is 4.88 Å². The van der Waals surface area contributed by atoms with Gasteiger partial charge in [0.05, 0.1) is 0 Å². The molecule has 0 unspecified atom stereocenters. The number of carbonyl (C=O) groups excluding carboxylic acids is 1. The average molecular weight is 350 g/mol. The topological polar surface area (TPSA) is 54.0 Å². The molecule has 0 saturated carbocycles. The maximum Gasteiger partial charge on any atom is 0.226 e.